The molecule has 0 saturated carbocycles. The van der Waals surface area contributed by atoms with Crippen LogP contribution < -0.4 is 4.90 Å². The molecule has 2 aromatic heterocycles. The SMILES string of the molecule is C[C@@H]1CN(c2c(C#N)cnc3cc(-c4ccccc4)ccc23)CC[C@@H]1C(=O)N1CCn2c(nnc2C(F)(F)F)C1. The molecule has 1 fully saturated rings. The molecule has 2 atom stereocenters. The summed E-state index contributed by atoms with van der Waals surface area (Å²) in [4.78, 5) is 21.8. The normalized spacial score (nSPS) is 19.4. The number of rotatable bonds is 3. The second kappa shape index (κ2) is 9.93. The topological polar surface area (TPSA) is 90.9 Å². The number of pyridine rings is 1. The predicted molar refractivity (Wildman–Crippen MR) is 142 cm³/mol. The lowest BCUT2D eigenvalue weighted by Gasteiger charge is -2.40. The third kappa shape index (κ3) is 4.53. The van der Waals surface area contributed by atoms with Gasteiger partial charge >= 0.3 is 6.18 Å². The summed E-state index contributed by atoms with van der Waals surface area (Å²) in [6.07, 6.45) is -2.41. The van der Waals surface area contributed by atoms with Gasteiger partial charge in [0, 0.05) is 43.7 Å². The Morgan fingerprint density at radius 2 is 1.85 bits per heavy atom. The summed E-state index contributed by atoms with van der Waals surface area (Å²) in [5.41, 5.74) is 4.20. The lowest BCUT2D eigenvalue weighted by molar-refractivity contribution is -0.148. The number of alkyl halides is 3. The summed E-state index contributed by atoms with van der Waals surface area (Å²) in [5.74, 6) is -1.28. The summed E-state index contributed by atoms with van der Waals surface area (Å²) in [5, 5.41) is 17.8. The summed E-state index contributed by atoms with van der Waals surface area (Å²) in [6.45, 7) is 3.33. The first-order valence-corrected chi connectivity index (χ1v) is 13.2. The van der Waals surface area contributed by atoms with Gasteiger partial charge < -0.3 is 14.4 Å². The van der Waals surface area contributed by atoms with Crippen LogP contribution in [0.15, 0.2) is 54.7 Å². The summed E-state index contributed by atoms with van der Waals surface area (Å²) in [6, 6.07) is 18.3. The van der Waals surface area contributed by atoms with Crippen molar-refractivity contribution in [3.05, 3.63) is 71.9 Å². The molecule has 0 unspecified atom stereocenters. The fourth-order valence-corrected chi connectivity index (χ4v) is 5.92. The number of hydrogen-bond acceptors (Lipinski definition) is 6. The Kier molecular flexibility index (Phi) is 6.41. The highest BCUT2D eigenvalue weighted by Crippen LogP contribution is 2.37. The molecule has 0 bridgehead atoms. The molecule has 6 rings (SSSR count). The van der Waals surface area contributed by atoms with Gasteiger partial charge in [0.25, 0.3) is 0 Å². The third-order valence-electron chi connectivity index (χ3n) is 7.93. The number of amides is 1. The van der Waals surface area contributed by atoms with E-state index in [4.69, 9.17) is 0 Å². The molecular weight excluding hydrogens is 519 g/mol. The fraction of sp³-hybridized carbons (Fsp3) is 0.345. The molecule has 204 valence electrons. The number of halogens is 3. The first-order valence-electron chi connectivity index (χ1n) is 13.2. The zero-order valence-electron chi connectivity index (χ0n) is 21.8. The van der Waals surface area contributed by atoms with E-state index in [0.717, 1.165) is 32.3 Å². The number of benzene rings is 2. The number of carbonyl (C=O) groups excluding carboxylic acids is 1. The Morgan fingerprint density at radius 1 is 1.05 bits per heavy atom. The predicted octanol–water partition coefficient (Wildman–Crippen LogP) is 4.89. The first-order chi connectivity index (χ1) is 19.2. The van der Waals surface area contributed by atoms with E-state index in [1.165, 1.54) is 0 Å². The van der Waals surface area contributed by atoms with Crippen molar-refractivity contribution in [1.82, 2.24) is 24.6 Å². The summed E-state index contributed by atoms with van der Waals surface area (Å²) in [7, 11) is 0. The van der Waals surface area contributed by atoms with E-state index in [-0.39, 0.29) is 43.2 Å². The Bertz CT molecular complexity index is 1630. The standard InChI is InChI=1S/C29H26F3N7O/c1-18-16-37(10-9-22(18)27(40)38-11-12-39-25(17-38)35-36-28(39)29(30,31)32)26-21(14-33)15-34-24-13-20(7-8-23(24)26)19-5-3-2-4-6-19/h2-8,13,15,18,22H,9-12,16-17H2,1H3/t18-,22+/m1/s1. The number of hydrogen-bond donors (Lipinski definition) is 0. The lowest BCUT2D eigenvalue weighted by Crippen LogP contribution is -2.49. The van der Waals surface area contributed by atoms with Gasteiger partial charge in [0.15, 0.2) is 5.82 Å². The van der Waals surface area contributed by atoms with Crippen molar-refractivity contribution >= 4 is 22.5 Å². The minimum Gasteiger partial charge on any atom is -0.370 e. The van der Waals surface area contributed by atoms with Crippen molar-refractivity contribution in [1.29, 1.82) is 5.26 Å². The second-order valence-electron chi connectivity index (χ2n) is 10.4. The molecule has 11 heteroatoms. The molecule has 0 spiro atoms. The molecule has 40 heavy (non-hydrogen) atoms. The minimum absolute atomic E-state index is 0.00612. The molecule has 4 aromatic rings. The van der Waals surface area contributed by atoms with Gasteiger partial charge in [-0.15, -0.1) is 10.2 Å². The van der Waals surface area contributed by atoms with Crippen molar-refractivity contribution in [2.45, 2.75) is 32.6 Å². The van der Waals surface area contributed by atoms with Gasteiger partial charge in [-0.1, -0.05) is 49.4 Å². The highest BCUT2D eigenvalue weighted by atomic mass is 19.4. The molecule has 0 radical (unpaired) electrons. The second-order valence-corrected chi connectivity index (χ2v) is 10.4. The van der Waals surface area contributed by atoms with Gasteiger partial charge in [0.2, 0.25) is 11.7 Å². The third-order valence-corrected chi connectivity index (χ3v) is 7.93. The maximum Gasteiger partial charge on any atom is 0.451 e. The maximum atomic E-state index is 13.5. The molecule has 2 aromatic carbocycles. The molecule has 2 aliphatic heterocycles. The number of nitriles is 1. The largest absolute Gasteiger partial charge is 0.451 e. The van der Waals surface area contributed by atoms with E-state index < -0.39 is 12.0 Å². The van der Waals surface area contributed by atoms with Crippen LogP contribution in [0.5, 0.6) is 0 Å². The van der Waals surface area contributed by atoms with Crippen LogP contribution in [0.25, 0.3) is 22.0 Å². The fourth-order valence-electron chi connectivity index (χ4n) is 5.92. The van der Waals surface area contributed by atoms with Crippen LogP contribution >= 0.6 is 0 Å². The maximum absolute atomic E-state index is 13.5. The highest BCUT2D eigenvalue weighted by molar-refractivity contribution is 5.96. The zero-order valence-corrected chi connectivity index (χ0v) is 21.8. The van der Waals surface area contributed by atoms with Crippen molar-refractivity contribution < 1.29 is 18.0 Å². The van der Waals surface area contributed by atoms with Crippen molar-refractivity contribution in [2.24, 2.45) is 11.8 Å². The van der Waals surface area contributed by atoms with E-state index >= 15 is 0 Å². The molecule has 4 heterocycles. The Hall–Kier alpha value is -4.46. The summed E-state index contributed by atoms with van der Waals surface area (Å²) >= 11 is 0. The Morgan fingerprint density at radius 3 is 2.58 bits per heavy atom. The average Bonchev–Trinajstić information content (AvgIpc) is 3.40. The van der Waals surface area contributed by atoms with E-state index in [1.54, 1.807) is 11.1 Å². The van der Waals surface area contributed by atoms with Gasteiger partial charge in [-0.2, -0.15) is 18.4 Å². The number of fused-ring (bicyclic) bond motifs is 2. The van der Waals surface area contributed by atoms with Gasteiger partial charge in [-0.05, 0) is 29.5 Å². The number of carbonyl (C=O) groups is 1. The van der Waals surface area contributed by atoms with Crippen LogP contribution in [0.3, 0.4) is 0 Å². The quantitative estimate of drug-likeness (QED) is 0.364. The smallest absolute Gasteiger partial charge is 0.370 e. The Balaban J connectivity index is 1.21. The van der Waals surface area contributed by atoms with Crippen LogP contribution in [0, 0.1) is 23.2 Å². The number of aromatic nitrogens is 4. The van der Waals surface area contributed by atoms with Crippen molar-refractivity contribution in [3.63, 3.8) is 0 Å². The zero-order chi connectivity index (χ0) is 28.0. The molecule has 8 nitrogen and oxygen atoms in total. The van der Waals surface area contributed by atoms with Gasteiger partial charge in [-0.3, -0.25) is 9.78 Å². The minimum atomic E-state index is -4.58. The molecule has 2 aliphatic rings. The van der Waals surface area contributed by atoms with Gasteiger partial charge in [-0.25, -0.2) is 0 Å². The van der Waals surface area contributed by atoms with Crippen LogP contribution in [0.1, 0.15) is 30.6 Å². The molecule has 1 saturated heterocycles. The van der Waals surface area contributed by atoms with Crippen molar-refractivity contribution in [2.75, 3.05) is 24.5 Å². The van der Waals surface area contributed by atoms with E-state index in [0.29, 0.717) is 25.1 Å². The van der Waals surface area contributed by atoms with Crippen molar-refractivity contribution in [3.8, 4) is 17.2 Å². The van der Waals surface area contributed by atoms with E-state index in [1.807, 2.05) is 55.5 Å². The van der Waals surface area contributed by atoms with Crippen LogP contribution in [-0.2, 0) is 24.1 Å². The first kappa shape index (κ1) is 25.8. The van der Waals surface area contributed by atoms with Crippen LogP contribution in [0.2, 0.25) is 0 Å². The highest BCUT2D eigenvalue weighted by Gasteiger charge is 2.41. The molecule has 0 N–H and O–H groups in total. The lowest BCUT2D eigenvalue weighted by atomic mass is 9.85. The van der Waals surface area contributed by atoms with Crippen LogP contribution in [-0.4, -0.2) is 50.2 Å². The monoisotopic (exact) mass is 545 g/mol. The number of anilines is 1. The van der Waals surface area contributed by atoms with Gasteiger partial charge in [0.05, 0.1) is 23.3 Å². The van der Waals surface area contributed by atoms with E-state index in [2.05, 4.69) is 26.2 Å². The number of piperidine rings is 1. The molecular formula is C29H26F3N7O. The summed E-state index contributed by atoms with van der Waals surface area (Å²) < 4.78 is 40.7. The average molecular weight is 546 g/mol. The van der Waals surface area contributed by atoms with Gasteiger partial charge in [0.1, 0.15) is 6.07 Å². The van der Waals surface area contributed by atoms with E-state index in [9.17, 15) is 23.2 Å². The molecule has 0 aliphatic carbocycles. The van der Waals surface area contributed by atoms with Crippen LogP contribution in [0.4, 0.5) is 18.9 Å². The number of nitrogens with zero attached hydrogens (tertiary/aromatic N) is 7. The molecule has 1 amide bonds. The Labute approximate surface area is 228 Å².